The summed E-state index contributed by atoms with van der Waals surface area (Å²) in [5, 5.41) is 10.1. The lowest BCUT2D eigenvalue weighted by Crippen LogP contribution is -2.56. The molecule has 6 heteroatoms. The summed E-state index contributed by atoms with van der Waals surface area (Å²) >= 11 is 0. The molecule has 6 nitrogen and oxygen atoms in total. The summed E-state index contributed by atoms with van der Waals surface area (Å²) in [6.45, 7) is 0. The molecule has 23 heavy (non-hydrogen) atoms. The Bertz CT molecular complexity index is 657. The lowest BCUT2D eigenvalue weighted by atomic mass is 9.46. The highest BCUT2D eigenvalue weighted by molar-refractivity contribution is 5.97. The molecule has 7 fully saturated rings. The molecule has 2 aliphatic heterocycles. The smallest absolute Gasteiger partial charge is 0.317 e. The molecule has 2 saturated heterocycles. The summed E-state index contributed by atoms with van der Waals surface area (Å²) in [4.78, 5) is 36.5. The minimum atomic E-state index is -0.989. The van der Waals surface area contributed by atoms with E-state index in [4.69, 9.17) is 9.47 Å². The molecule has 7 rings (SSSR count). The third-order valence-electron chi connectivity index (χ3n) is 8.06. The first-order valence-electron chi connectivity index (χ1n) is 8.72. The van der Waals surface area contributed by atoms with Crippen LogP contribution < -0.4 is 0 Å². The number of aliphatic hydroxyl groups is 1. The van der Waals surface area contributed by atoms with Gasteiger partial charge in [0.25, 0.3) is 0 Å². The minimum absolute atomic E-state index is 0.111. The molecular weight excluding hydrogens is 300 g/mol. The van der Waals surface area contributed by atoms with Crippen molar-refractivity contribution in [2.45, 2.75) is 25.6 Å². The van der Waals surface area contributed by atoms with Gasteiger partial charge in [0.05, 0.1) is 17.8 Å². The van der Waals surface area contributed by atoms with Crippen LogP contribution in [0.5, 0.6) is 0 Å². The van der Waals surface area contributed by atoms with Gasteiger partial charge in [-0.05, 0) is 54.8 Å². The minimum Gasteiger partial charge on any atom is -0.435 e. The van der Waals surface area contributed by atoms with Crippen molar-refractivity contribution in [2.24, 2.45) is 59.2 Å². The van der Waals surface area contributed by atoms with E-state index in [2.05, 4.69) is 0 Å². The largest absolute Gasteiger partial charge is 0.435 e. The van der Waals surface area contributed by atoms with E-state index in [0.29, 0.717) is 11.8 Å². The van der Waals surface area contributed by atoms with Crippen LogP contribution in [0.1, 0.15) is 19.3 Å². The molecule has 2 heterocycles. The second kappa shape index (κ2) is 3.79. The number of cyclic esters (lactones) is 3. The summed E-state index contributed by atoms with van der Waals surface area (Å²) in [6.07, 6.45) is 1.86. The Kier molecular flexibility index (Phi) is 2.13. The van der Waals surface area contributed by atoms with E-state index in [1.54, 1.807) is 0 Å². The van der Waals surface area contributed by atoms with Gasteiger partial charge in [0.2, 0.25) is 6.29 Å². The van der Waals surface area contributed by atoms with Gasteiger partial charge in [-0.2, -0.15) is 0 Å². The van der Waals surface area contributed by atoms with Crippen LogP contribution in [0.25, 0.3) is 0 Å². The molecule has 0 spiro atoms. The zero-order valence-electron chi connectivity index (χ0n) is 12.5. The summed E-state index contributed by atoms with van der Waals surface area (Å²) in [5.41, 5.74) is 0. The molecule has 5 aliphatic carbocycles. The van der Waals surface area contributed by atoms with Crippen molar-refractivity contribution in [1.29, 1.82) is 0 Å². The van der Waals surface area contributed by atoms with E-state index in [1.165, 1.54) is 0 Å². The summed E-state index contributed by atoms with van der Waals surface area (Å²) in [7, 11) is 0. The number of aliphatic hydroxyl groups excluding tert-OH is 1. The normalized spacial score (nSPS) is 61.3. The second-order valence-electron chi connectivity index (χ2n) is 8.35. The zero-order chi connectivity index (χ0) is 15.6. The fraction of sp³-hybridized carbons (Fsp3) is 0.824. The maximum atomic E-state index is 12.2. The number of esters is 3. The number of carbonyl (C=O) groups is 3. The molecule has 0 radical (unpaired) electrons. The van der Waals surface area contributed by atoms with Crippen LogP contribution >= 0.6 is 0 Å². The van der Waals surface area contributed by atoms with Crippen LogP contribution in [0.15, 0.2) is 0 Å². The lowest BCUT2D eigenvalue weighted by molar-refractivity contribution is -0.159. The second-order valence-corrected chi connectivity index (χ2v) is 8.35. The van der Waals surface area contributed by atoms with Gasteiger partial charge in [-0.15, -0.1) is 0 Å². The van der Waals surface area contributed by atoms with Crippen molar-refractivity contribution >= 4 is 17.9 Å². The van der Waals surface area contributed by atoms with Gasteiger partial charge in [0, 0.05) is 5.92 Å². The van der Waals surface area contributed by atoms with Gasteiger partial charge in [0.1, 0.15) is 0 Å². The number of ether oxygens (including phenoxy) is 2. The Balaban J connectivity index is 1.46. The van der Waals surface area contributed by atoms with Crippen LogP contribution in [0.2, 0.25) is 0 Å². The molecular formula is C17H18O6. The topological polar surface area (TPSA) is 89.9 Å². The van der Waals surface area contributed by atoms with Crippen molar-refractivity contribution in [2.75, 3.05) is 0 Å². The standard InChI is InChI=1S/C17H18O6/c18-14-10-4-1-2-5(11(10)15(19)22-14)9-7-3-6(8(4)9)12-13(7)17(21)23-16(12)20/h4-13,16,20H,1-3H2. The van der Waals surface area contributed by atoms with E-state index < -0.39 is 6.29 Å². The van der Waals surface area contributed by atoms with E-state index in [0.717, 1.165) is 19.3 Å². The predicted molar refractivity (Wildman–Crippen MR) is 71.9 cm³/mol. The Hall–Kier alpha value is -1.43. The maximum absolute atomic E-state index is 12.2. The fourth-order valence-electron chi connectivity index (χ4n) is 7.77. The average molecular weight is 318 g/mol. The first-order chi connectivity index (χ1) is 11.1. The van der Waals surface area contributed by atoms with E-state index in [-0.39, 0.29) is 65.3 Å². The molecule has 0 aromatic carbocycles. The molecule has 0 aromatic heterocycles. The first kappa shape index (κ1) is 12.9. The third kappa shape index (κ3) is 1.24. The van der Waals surface area contributed by atoms with Gasteiger partial charge >= 0.3 is 17.9 Å². The SMILES string of the molecule is O=C1OC(=O)C2C3CCC(C12)C1C2CC(C4C(O)OC(=O)C24)C31. The van der Waals surface area contributed by atoms with Gasteiger partial charge in [-0.3, -0.25) is 14.4 Å². The van der Waals surface area contributed by atoms with E-state index >= 15 is 0 Å². The van der Waals surface area contributed by atoms with Gasteiger partial charge in [0.15, 0.2) is 0 Å². The highest BCUT2D eigenvalue weighted by Gasteiger charge is 2.74. The summed E-state index contributed by atoms with van der Waals surface area (Å²) in [5.74, 6) is -0.403. The van der Waals surface area contributed by atoms with E-state index in [1.807, 2.05) is 0 Å². The molecule has 7 aliphatic rings. The molecule has 4 bridgehead atoms. The zero-order valence-corrected chi connectivity index (χ0v) is 12.5. The van der Waals surface area contributed by atoms with Crippen LogP contribution in [0.3, 0.4) is 0 Å². The average Bonchev–Trinajstić information content (AvgIpc) is 3.24. The highest BCUT2D eigenvalue weighted by Crippen LogP contribution is 2.72. The van der Waals surface area contributed by atoms with Crippen LogP contribution in [-0.2, 0) is 23.9 Å². The van der Waals surface area contributed by atoms with Gasteiger partial charge in [-0.25, -0.2) is 0 Å². The lowest BCUT2D eigenvalue weighted by Gasteiger charge is -2.55. The van der Waals surface area contributed by atoms with Gasteiger partial charge < -0.3 is 14.6 Å². The van der Waals surface area contributed by atoms with Crippen molar-refractivity contribution in [3.63, 3.8) is 0 Å². The molecule has 11 unspecified atom stereocenters. The number of carbonyl (C=O) groups excluding carboxylic acids is 3. The molecule has 1 N–H and O–H groups in total. The Labute approximate surface area is 132 Å². The monoisotopic (exact) mass is 318 g/mol. The molecule has 0 aromatic rings. The number of hydrogen-bond donors (Lipinski definition) is 1. The van der Waals surface area contributed by atoms with Crippen LogP contribution in [0, 0.1) is 59.2 Å². The van der Waals surface area contributed by atoms with Crippen molar-refractivity contribution < 1.29 is 29.0 Å². The highest BCUT2D eigenvalue weighted by atomic mass is 16.6. The molecule has 5 saturated carbocycles. The third-order valence-corrected chi connectivity index (χ3v) is 8.06. The Morgan fingerprint density at radius 2 is 1.35 bits per heavy atom. The number of rotatable bonds is 0. The summed E-state index contributed by atoms with van der Waals surface area (Å²) < 4.78 is 10.1. The molecule has 0 amide bonds. The molecule has 11 atom stereocenters. The maximum Gasteiger partial charge on any atom is 0.317 e. The van der Waals surface area contributed by atoms with Crippen molar-refractivity contribution in [1.82, 2.24) is 0 Å². The first-order valence-corrected chi connectivity index (χ1v) is 8.72. The Morgan fingerprint density at radius 1 is 0.739 bits per heavy atom. The van der Waals surface area contributed by atoms with Crippen molar-refractivity contribution in [3.05, 3.63) is 0 Å². The van der Waals surface area contributed by atoms with Crippen molar-refractivity contribution in [3.8, 4) is 0 Å². The van der Waals surface area contributed by atoms with Crippen LogP contribution in [0.4, 0.5) is 0 Å². The fourth-order valence-corrected chi connectivity index (χ4v) is 7.77. The predicted octanol–water partition coefficient (Wildman–Crippen LogP) is 0.332. The van der Waals surface area contributed by atoms with E-state index in [9.17, 15) is 19.5 Å². The summed E-state index contributed by atoms with van der Waals surface area (Å²) in [6, 6.07) is 0. The molecule has 122 valence electrons. The number of fused-ring (bicyclic) bond motifs is 6. The number of hydrogen-bond acceptors (Lipinski definition) is 6. The Morgan fingerprint density at radius 3 is 2.00 bits per heavy atom. The van der Waals surface area contributed by atoms with Crippen LogP contribution in [-0.4, -0.2) is 29.3 Å². The van der Waals surface area contributed by atoms with Gasteiger partial charge in [-0.1, -0.05) is 0 Å². The quantitative estimate of drug-likeness (QED) is 0.511.